The number of carbonyl (C=O) groups excluding carboxylic acids is 2. The van der Waals surface area contributed by atoms with E-state index in [-0.39, 0.29) is 21.1 Å². The molecule has 192 valence electrons. The highest BCUT2D eigenvalue weighted by Crippen LogP contribution is 2.01. The highest BCUT2D eigenvalue weighted by atomic mass is 16.6. The summed E-state index contributed by atoms with van der Waals surface area (Å²) in [5.41, 5.74) is 4.98. The number of primary amides is 1. The second-order valence-corrected chi connectivity index (χ2v) is 6.53. The lowest BCUT2D eigenvalue weighted by Gasteiger charge is -2.08. The summed E-state index contributed by atoms with van der Waals surface area (Å²) in [7, 11) is 0. The fourth-order valence-corrected chi connectivity index (χ4v) is 2.00. The van der Waals surface area contributed by atoms with Crippen LogP contribution in [0.3, 0.4) is 0 Å². The molecule has 3 N–H and O–H groups in total. The maximum Gasteiger partial charge on any atom is 0.220 e. The smallest absolute Gasteiger partial charge is 0.220 e. The van der Waals surface area contributed by atoms with Crippen LogP contribution in [0.2, 0.25) is 0 Å². The number of unbranched alkanes of at least 4 members (excludes halogenated alkanes) is 3. The number of amides is 2. The van der Waals surface area contributed by atoms with Crippen molar-refractivity contribution in [3.8, 4) is 0 Å². The van der Waals surface area contributed by atoms with Gasteiger partial charge in [0.25, 0.3) is 0 Å². The standard InChI is InChI=1S/C18H36N2O6.C3H8.C2H6.2H2/c1-2-3-4-5-6-18(22)20-8-10-24-12-14-26-16-15-25-13-11-23-9-7-17(19)21;1-3-2;1-2;;/h2-16H2,1H3,(H2,19,21)(H,20,22);3H2,1-2H3;1-2H3;2*1H. The number of rotatable bonds is 20. The van der Waals surface area contributed by atoms with Crippen LogP contribution in [-0.4, -0.2) is 71.2 Å². The van der Waals surface area contributed by atoms with Crippen LogP contribution in [0.25, 0.3) is 0 Å². The fraction of sp³-hybridized carbons (Fsp3) is 0.913. The molecule has 0 rings (SSSR count). The molecule has 0 bridgehead atoms. The minimum atomic E-state index is -0.369. The summed E-state index contributed by atoms with van der Waals surface area (Å²) in [6, 6.07) is 0. The third-order valence-corrected chi connectivity index (χ3v) is 3.43. The van der Waals surface area contributed by atoms with Crippen molar-refractivity contribution in [2.45, 2.75) is 79.6 Å². The zero-order chi connectivity index (χ0) is 24.0. The van der Waals surface area contributed by atoms with E-state index in [1.54, 1.807) is 0 Å². The molecule has 0 fully saturated rings. The minimum absolute atomic E-state index is 0. The molecule has 0 radical (unpaired) electrons. The van der Waals surface area contributed by atoms with E-state index in [1.165, 1.54) is 19.3 Å². The van der Waals surface area contributed by atoms with E-state index in [9.17, 15) is 9.59 Å². The van der Waals surface area contributed by atoms with Crippen molar-refractivity contribution in [2.75, 3.05) is 59.4 Å². The maximum atomic E-state index is 11.5. The summed E-state index contributed by atoms with van der Waals surface area (Å²) in [6.45, 7) is 14.6. The predicted molar refractivity (Wildman–Crippen MR) is 130 cm³/mol. The van der Waals surface area contributed by atoms with Gasteiger partial charge in [0, 0.05) is 22.2 Å². The van der Waals surface area contributed by atoms with Crippen molar-refractivity contribution >= 4 is 11.8 Å². The molecule has 0 aromatic heterocycles. The number of carbonyl (C=O) groups is 2. The molecular formula is C23H54N2O6. The van der Waals surface area contributed by atoms with Crippen LogP contribution in [0.4, 0.5) is 0 Å². The zero-order valence-electron chi connectivity index (χ0n) is 20.8. The second-order valence-electron chi connectivity index (χ2n) is 6.53. The van der Waals surface area contributed by atoms with Gasteiger partial charge < -0.3 is 30.0 Å². The van der Waals surface area contributed by atoms with E-state index in [4.69, 9.17) is 24.7 Å². The second kappa shape index (κ2) is 33.4. The predicted octanol–water partition coefficient (Wildman–Crippen LogP) is 3.95. The van der Waals surface area contributed by atoms with Gasteiger partial charge in [0.2, 0.25) is 11.8 Å². The number of hydrogen-bond donors (Lipinski definition) is 2. The Morgan fingerprint density at radius 1 is 0.710 bits per heavy atom. The molecule has 8 nitrogen and oxygen atoms in total. The van der Waals surface area contributed by atoms with Crippen molar-refractivity contribution in [3.05, 3.63) is 0 Å². The zero-order valence-corrected chi connectivity index (χ0v) is 20.8. The molecule has 2 amide bonds. The van der Waals surface area contributed by atoms with Gasteiger partial charge >= 0.3 is 0 Å². The van der Waals surface area contributed by atoms with E-state index >= 15 is 0 Å². The summed E-state index contributed by atoms with van der Waals surface area (Å²) < 4.78 is 21.2. The van der Waals surface area contributed by atoms with Crippen LogP contribution < -0.4 is 11.1 Å². The highest BCUT2D eigenvalue weighted by molar-refractivity contribution is 5.75. The average Bonchev–Trinajstić information content (AvgIpc) is 2.75. The summed E-state index contributed by atoms with van der Waals surface area (Å²) in [5.74, 6) is -0.275. The van der Waals surface area contributed by atoms with Crippen molar-refractivity contribution in [3.63, 3.8) is 0 Å². The summed E-state index contributed by atoms with van der Waals surface area (Å²) in [5, 5.41) is 2.84. The van der Waals surface area contributed by atoms with Gasteiger partial charge in [-0.25, -0.2) is 0 Å². The monoisotopic (exact) mass is 454 g/mol. The number of ether oxygens (including phenoxy) is 4. The fourth-order valence-electron chi connectivity index (χ4n) is 2.00. The Kier molecular flexibility index (Phi) is 37.1. The molecular weight excluding hydrogens is 400 g/mol. The first kappa shape index (κ1) is 34.4. The maximum absolute atomic E-state index is 11.5. The lowest BCUT2D eigenvalue weighted by Crippen LogP contribution is -2.27. The summed E-state index contributed by atoms with van der Waals surface area (Å²) in [4.78, 5) is 22.0. The first-order valence-electron chi connectivity index (χ1n) is 11.9. The lowest BCUT2D eigenvalue weighted by molar-refractivity contribution is -0.121. The van der Waals surface area contributed by atoms with E-state index < -0.39 is 0 Å². The largest absolute Gasteiger partial charge is 0.379 e. The number of hydrogen-bond acceptors (Lipinski definition) is 6. The van der Waals surface area contributed by atoms with Gasteiger partial charge in [0.1, 0.15) is 0 Å². The summed E-state index contributed by atoms with van der Waals surface area (Å²) >= 11 is 0. The Labute approximate surface area is 193 Å². The van der Waals surface area contributed by atoms with Gasteiger partial charge in [-0.1, -0.05) is 60.3 Å². The molecule has 0 aliphatic rings. The lowest BCUT2D eigenvalue weighted by atomic mass is 10.1. The molecule has 0 saturated heterocycles. The van der Waals surface area contributed by atoms with Crippen LogP contribution >= 0.6 is 0 Å². The molecule has 0 saturated carbocycles. The Morgan fingerprint density at radius 2 is 1.16 bits per heavy atom. The average molecular weight is 455 g/mol. The van der Waals surface area contributed by atoms with Crippen LogP contribution in [0, 0.1) is 0 Å². The number of nitrogens with two attached hydrogens (primary N) is 1. The van der Waals surface area contributed by atoms with Crippen LogP contribution in [0.15, 0.2) is 0 Å². The van der Waals surface area contributed by atoms with Gasteiger partial charge in [0.05, 0.1) is 52.9 Å². The SMILES string of the molecule is CC.CCC.CCCCCCC(=O)NCCOCCOCCOCCOCCC(N)=O.[HH].[HH]. The van der Waals surface area contributed by atoms with Crippen molar-refractivity contribution < 1.29 is 31.4 Å². The van der Waals surface area contributed by atoms with E-state index in [2.05, 4.69) is 26.1 Å². The third-order valence-electron chi connectivity index (χ3n) is 3.43. The molecule has 0 unspecified atom stereocenters. The van der Waals surface area contributed by atoms with Crippen LogP contribution in [-0.2, 0) is 28.5 Å². The van der Waals surface area contributed by atoms with Gasteiger partial charge in [-0.05, 0) is 6.42 Å². The van der Waals surface area contributed by atoms with Gasteiger partial charge in [-0.3, -0.25) is 9.59 Å². The van der Waals surface area contributed by atoms with Crippen molar-refractivity contribution in [1.82, 2.24) is 5.32 Å². The Morgan fingerprint density at radius 3 is 1.61 bits per heavy atom. The first-order chi connectivity index (χ1) is 15.1. The Balaban J connectivity index is -0.000000343. The minimum Gasteiger partial charge on any atom is -0.379 e. The highest BCUT2D eigenvalue weighted by Gasteiger charge is 2.00. The molecule has 0 atom stereocenters. The van der Waals surface area contributed by atoms with E-state index in [1.807, 2.05) is 13.8 Å². The molecule has 0 aromatic rings. The van der Waals surface area contributed by atoms with Gasteiger partial charge in [0.15, 0.2) is 0 Å². The third kappa shape index (κ3) is 39.8. The van der Waals surface area contributed by atoms with E-state index in [0.717, 1.165) is 12.8 Å². The quantitative estimate of drug-likeness (QED) is 0.270. The molecule has 31 heavy (non-hydrogen) atoms. The molecule has 0 aromatic carbocycles. The molecule has 0 spiro atoms. The van der Waals surface area contributed by atoms with Crippen LogP contribution in [0.5, 0.6) is 0 Å². The Bertz CT molecular complexity index is 368. The van der Waals surface area contributed by atoms with Gasteiger partial charge in [-0.15, -0.1) is 0 Å². The first-order valence-corrected chi connectivity index (χ1v) is 11.9. The topological polar surface area (TPSA) is 109 Å². The summed E-state index contributed by atoms with van der Waals surface area (Å²) in [6.07, 6.45) is 6.51. The molecule has 0 heterocycles. The van der Waals surface area contributed by atoms with E-state index in [0.29, 0.717) is 65.8 Å². The normalized spacial score (nSPS) is 9.84. The molecule has 8 heteroatoms. The Hall–Kier alpha value is -1.22. The molecule has 0 aliphatic carbocycles. The molecule has 0 aliphatic heterocycles. The number of nitrogens with one attached hydrogen (secondary N) is 1. The van der Waals surface area contributed by atoms with Gasteiger partial charge in [-0.2, -0.15) is 0 Å². The van der Waals surface area contributed by atoms with Crippen molar-refractivity contribution in [1.29, 1.82) is 0 Å². The van der Waals surface area contributed by atoms with Crippen molar-refractivity contribution in [2.24, 2.45) is 5.73 Å². The van der Waals surface area contributed by atoms with Crippen LogP contribution in [0.1, 0.15) is 82.4 Å².